The number of fused-ring (bicyclic) bond motifs is 1. The Balaban J connectivity index is 1.75. The van der Waals surface area contributed by atoms with Crippen molar-refractivity contribution in [1.29, 1.82) is 0 Å². The highest BCUT2D eigenvalue weighted by molar-refractivity contribution is 7.99. The van der Waals surface area contributed by atoms with Gasteiger partial charge in [-0.1, -0.05) is 75.0 Å². The molecule has 0 spiro atoms. The van der Waals surface area contributed by atoms with Crippen molar-refractivity contribution < 1.29 is 4.39 Å². The Morgan fingerprint density at radius 2 is 1.73 bits per heavy atom. The van der Waals surface area contributed by atoms with E-state index in [1.807, 2.05) is 18.2 Å². The van der Waals surface area contributed by atoms with Gasteiger partial charge in [0.2, 0.25) is 5.16 Å². The molecule has 0 saturated carbocycles. The van der Waals surface area contributed by atoms with Gasteiger partial charge in [0.1, 0.15) is 5.82 Å². The van der Waals surface area contributed by atoms with Gasteiger partial charge in [0.25, 0.3) is 0 Å². The molecule has 1 aliphatic rings. The van der Waals surface area contributed by atoms with Gasteiger partial charge in [-0.3, -0.25) is 0 Å². The second kappa shape index (κ2) is 6.36. The first kappa shape index (κ1) is 17.0. The summed E-state index contributed by atoms with van der Waals surface area (Å²) in [5.74, 6) is 0.975. The van der Waals surface area contributed by atoms with E-state index < -0.39 is 0 Å². The second-order valence-electron chi connectivity index (χ2n) is 7.26. The number of thioether (sulfide) groups is 1. The van der Waals surface area contributed by atoms with E-state index in [2.05, 4.69) is 48.2 Å². The maximum absolute atomic E-state index is 14.1. The van der Waals surface area contributed by atoms with Crippen LogP contribution in [0.5, 0.6) is 0 Å². The van der Waals surface area contributed by atoms with Crippen LogP contribution in [0.25, 0.3) is 11.4 Å². The maximum atomic E-state index is 14.1. The summed E-state index contributed by atoms with van der Waals surface area (Å²) in [6.45, 7) is 6.55. The zero-order valence-corrected chi connectivity index (χ0v) is 15.7. The Hall–Kier alpha value is -2.47. The lowest BCUT2D eigenvalue weighted by Gasteiger charge is -2.19. The first-order chi connectivity index (χ1) is 12.4. The van der Waals surface area contributed by atoms with E-state index in [4.69, 9.17) is 0 Å². The van der Waals surface area contributed by atoms with Crippen molar-refractivity contribution in [1.82, 2.24) is 14.9 Å². The lowest BCUT2D eigenvalue weighted by Crippen LogP contribution is -2.15. The van der Waals surface area contributed by atoms with Crippen molar-refractivity contribution >= 4 is 17.5 Å². The average Bonchev–Trinajstić information content (AvgIpc) is 3.04. The Bertz CT molecular complexity index is 984. The van der Waals surface area contributed by atoms with Crippen LogP contribution in [-0.4, -0.2) is 26.3 Å². The monoisotopic (exact) mass is 366 g/mol. The number of nitrogens with zero attached hydrogens (tertiary/aromatic N) is 4. The Labute approximate surface area is 156 Å². The fourth-order valence-electron chi connectivity index (χ4n) is 2.85. The molecule has 0 fully saturated rings. The van der Waals surface area contributed by atoms with Crippen LogP contribution < -0.4 is 0 Å². The minimum absolute atomic E-state index is 0.0921. The second-order valence-corrected chi connectivity index (χ2v) is 8.20. The average molecular weight is 366 g/mol. The van der Waals surface area contributed by atoms with E-state index in [0.29, 0.717) is 22.9 Å². The summed E-state index contributed by atoms with van der Waals surface area (Å²) in [5, 5.41) is 13.9. The van der Waals surface area contributed by atoms with Crippen LogP contribution in [0.2, 0.25) is 0 Å². The van der Waals surface area contributed by atoms with Gasteiger partial charge < -0.3 is 0 Å². The molecule has 2 heterocycles. The molecule has 0 N–H and O–H groups in total. The summed E-state index contributed by atoms with van der Waals surface area (Å²) < 4.78 is 15.8. The largest absolute Gasteiger partial charge is 0.212 e. The predicted molar refractivity (Wildman–Crippen MR) is 103 cm³/mol. The predicted octanol–water partition coefficient (Wildman–Crippen LogP) is 4.74. The number of hydrogen-bond donors (Lipinski definition) is 0. The third-order valence-corrected chi connectivity index (χ3v) is 5.30. The lowest BCUT2D eigenvalue weighted by atomic mass is 9.87. The molecule has 1 aliphatic heterocycles. The third-order valence-electron chi connectivity index (χ3n) is 4.36. The fourth-order valence-corrected chi connectivity index (χ4v) is 3.68. The van der Waals surface area contributed by atoms with Crippen LogP contribution >= 0.6 is 11.8 Å². The van der Waals surface area contributed by atoms with Crippen LogP contribution in [0.3, 0.4) is 0 Å². The number of aromatic nitrogens is 3. The molecule has 26 heavy (non-hydrogen) atoms. The zero-order valence-electron chi connectivity index (χ0n) is 14.9. The molecule has 6 heteroatoms. The van der Waals surface area contributed by atoms with E-state index in [1.165, 1.54) is 23.4 Å². The lowest BCUT2D eigenvalue weighted by molar-refractivity contribution is 0.590. The molecule has 0 atom stereocenters. The molecular formula is C20H19FN4S. The molecule has 0 unspecified atom stereocenters. The van der Waals surface area contributed by atoms with Crippen LogP contribution in [0, 0.1) is 5.82 Å². The molecule has 2 aromatic carbocycles. The summed E-state index contributed by atoms with van der Waals surface area (Å²) in [5.41, 5.74) is 3.50. The molecule has 4 nitrogen and oxygen atoms in total. The fraction of sp³-hybridized carbons (Fsp3) is 0.250. The van der Waals surface area contributed by atoms with Gasteiger partial charge in [0, 0.05) is 16.9 Å². The van der Waals surface area contributed by atoms with E-state index in [9.17, 15) is 4.39 Å². The first-order valence-corrected chi connectivity index (χ1v) is 9.44. The normalized spacial score (nSPS) is 14.1. The Morgan fingerprint density at radius 1 is 1.00 bits per heavy atom. The van der Waals surface area contributed by atoms with Crippen LogP contribution in [0.4, 0.5) is 4.39 Å². The topological polar surface area (TPSA) is 43.1 Å². The van der Waals surface area contributed by atoms with Crippen molar-refractivity contribution in [3.8, 4) is 11.4 Å². The standard InChI is InChI=1S/C20H19FN4S/c1-20(2,3)14-10-8-13(9-11-14)18-22-23-19-25(18)24-17(12-26-19)15-6-4-5-7-16(15)21/h4-11H,12H2,1-3H3. The minimum Gasteiger partial charge on any atom is -0.206 e. The number of rotatable bonds is 2. The van der Waals surface area contributed by atoms with E-state index in [-0.39, 0.29) is 11.2 Å². The molecule has 0 aliphatic carbocycles. The van der Waals surface area contributed by atoms with Gasteiger partial charge in [-0.15, -0.1) is 10.2 Å². The summed E-state index contributed by atoms with van der Waals surface area (Å²) >= 11 is 1.52. The van der Waals surface area contributed by atoms with E-state index in [0.717, 1.165) is 10.7 Å². The molecule has 4 rings (SSSR count). The van der Waals surface area contributed by atoms with E-state index >= 15 is 0 Å². The van der Waals surface area contributed by atoms with Crippen LogP contribution in [0.15, 0.2) is 58.8 Å². The van der Waals surface area contributed by atoms with Gasteiger partial charge >= 0.3 is 0 Å². The van der Waals surface area contributed by atoms with Crippen molar-refractivity contribution in [3.63, 3.8) is 0 Å². The number of benzene rings is 2. The highest BCUT2D eigenvalue weighted by Gasteiger charge is 2.22. The van der Waals surface area contributed by atoms with Crippen molar-refractivity contribution in [3.05, 3.63) is 65.5 Å². The Kier molecular flexibility index (Phi) is 4.15. The highest BCUT2D eigenvalue weighted by Crippen LogP contribution is 2.30. The molecular weight excluding hydrogens is 347 g/mol. The summed E-state index contributed by atoms with van der Waals surface area (Å²) in [6.07, 6.45) is 0. The van der Waals surface area contributed by atoms with Crippen molar-refractivity contribution in [2.75, 3.05) is 5.75 Å². The summed E-state index contributed by atoms with van der Waals surface area (Å²) in [4.78, 5) is 0. The van der Waals surface area contributed by atoms with Gasteiger partial charge in [0.05, 0.1) is 5.71 Å². The smallest absolute Gasteiger partial charge is 0.206 e. The van der Waals surface area contributed by atoms with Gasteiger partial charge in [0.15, 0.2) is 5.82 Å². The van der Waals surface area contributed by atoms with Gasteiger partial charge in [-0.05, 0) is 17.0 Å². The minimum atomic E-state index is -0.264. The van der Waals surface area contributed by atoms with Crippen molar-refractivity contribution in [2.24, 2.45) is 5.10 Å². The summed E-state index contributed by atoms with van der Waals surface area (Å²) in [6, 6.07) is 15.0. The van der Waals surface area contributed by atoms with Crippen LogP contribution in [-0.2, 0) is 5.41 Å². The zero-order chi connectivity index (χ0) is 18.3. The molecule has 0 bridgehead atoms. The summed E-state index contributed by atoms with van der Waals surface area (Å²) in [7, 11) is 0. The number of halogens is 1. The molecule has 132 valence electrons. The number of hydrogen-bond acceptors (Lipinski definition) is 4. The van der Waals surface area contributed by atoms with E-state index in [1.54, 1.807) is 16.8 Å². The molecule has 0 radical (unpaired) electrons. The van der Waals surface area contributed by atoms with Gasteiger partial charge in [-0.25, -0.2) is 4.39 Å². The maximum Gasteiger partial charge on any atom is 0.212 e. The highest BCUT2D eigenvalue weighted by atomic mass is 32.2. The van der Waals surface area contributed by atoms with Gasteiger partial charge in [-0.2, -0.15) is 9.78 Å². The SMILES string of the molecule is CC(C)(C)c1ccc(-c2nnc3n2N=C(c2ccccc2F)CS3)cc1. The third kappa shape index (κ3) is 3.05. The molecule has 0 saturated heterocycles. The molecule has 0 amide bonds. The van der Waals surface area contributed by atoms with Crippen LogP contribution in [0.1, 0.15) is 31.9 Å². The molecule has 3 aromatic rings. The Morgan fingerprint density at radius 3 is 2.42 bits per heavy atom. The quantitative estimate of drug-likeness (QED) is 0.658. The first-order valence-electron chi connectivity index (χ1n) is 8.45. The molecule has 1 aromatic heterocycles. The van der Waals surface area contributed by atoms with Crippen molar-refractivity contribution in [2.45, 2.75) is 31.3 Å².